The number of nitrogens with two attached hydrogens (primary N) is 1. The maximum absolute atomic E-state index is 10.8. The van der Waals surface area contributed by atoms with Crippen molar-refractivity contribution in [1.82, 2.24) is 4.98 Å². The van der Waals surface area contributed by atoms with Crippen LogP contribution in [-0.4, -0.2) is 27.9 Å². The molecule has 0 amide bonds. The highest BCUT2D eigenvalue weighted by molar-refractivity contribution is 7.46. The number of rotatable bonds is 9. The van der Waals surface area contributed by atoms with E-state index in [0.717, 1.165) is 32.1 Å². The van der Waals surface area contributed by atoms with Crippen molar-refractivity contribution in [2.75, 3.05) is 13.2 Å². The second-order valence-electron chi connectivity index (χ2n) is 9.26. The van der Waals surface area contributed by atoms with E-state index in [2.05, 4.69) is 43.5 Å². The molecule has 166 valence electrons. The lowest BCUT2D eigenvalue weighted by atomic mass is 9.87. The minimum Gasteiger partial charge on any atom is -0.330 e. The van der Waals surface area contributed by atoms with Crippen molar-refractivity contribution in [3.63, 3.8) is 0 Å². The summed E-state index contributed by atoms with van der Waals surface area (Å²) in [5, 5.41) is 1.23. The van der Waals surface area contributed by atoms with Gasteiger partial charge in [-0.25, -0.2) is 9.55 Å². The summed E-state index contributed by atoms with van der Waals surface area (Å²) in [5.41, 5.74) is 11.4. The highest BCUT2D eigenvalue weighted by Crippen LogP contribution is 2.40. The van der Waals surface area contributed by atoms with Crippen molar-refractivity contribution >= 4 is 19.2 Å². The van der Waals surface area contributed by atoms with Crippen molar-refractivity contribution in [1.29, 1.82) is 0 Å². The Morgan fingerprint density at radius 1 is 1.30 bits per heavy atom. The van der Waals surface area contributed by atoms with Gasteiger partial charge in [-0.3, -0.25) is 4.52 Å². The fraction of sp³-hybridized carbons (Fsp3) is 0.591. The SMILES string of the molecule is CC(C)(C)CCc1nc2c(s1)-c1ccc([C@H](CN)CCCOP(=O)(O)O)cc1CC2. The van der Waals surface area contributed by atoms with Gasteiger partial charge in [-0.05, 0) is 73.1 Å². The predicted molar refractivity (Wildman–Crippen MR) is 122 cm³/mol. The smallest absolute Gasteiger partial charge is 0.330 e. The van der Waals surface area contributed by atoms with E-state index in [4.69, 9.17) is 20.5 Å². The summed E-state index contributed by atoms with van der Waals surface area (Å²) in [6, 6.07) is 6.60. The quantitative estimate of drug-likeness (QED) is 0.372. The molecule has 0 saturated heterocycles. The van der Waals surface area contributed by atoms with Crippen LogP contribution in [0.3, 0.4) is 0 Å². The van der Waals surface area contributed by atoms with Crippen LogP contribution in [0.15, 0.2) is 18.2 Å². The van der Waals surface area contributed by atoms with Crippen molar-refractivity contribution < 1.29 is 18.9 Å². The number of nitrogens with zero attached hydrogens (tertiary/aromatic N) is 1. The van der Waals surface area contributed by atoms with Gasteiger partial charge in [-0.15, -0.1) is 11.3 Å². The summed E-state index contributed by atoms with van der Waals surface area (Å²) in [6.45, 7) is 7.33. The Bertz CT molecular complexity index is 916. The third-order valence-corrected chi connectivity index (χ3v) is 7.26. The number of thiazole rings is 1. The van der Waals surface area contributed by atoms with E-state index in [1.54, 1.807) is 0 Å². The summed E-state index contributed by atoms with van der Waals surface area (Å²) in [6.07, 6.45) is 5.41. The number of aryl methyl sites for hydroxylation is 3. The van der Waals surface area contributed by atoms with E-state index >= 15 is 0 Å². The van der Waals surface area contributed by atoms with Crippen LogP contribution in [0.25, 0.3) is 10.4 Å². The van der Waals surface area contributed by atoms with Crippen LogP contribution in [0, 0.1) is 5.41 Å². The zero-order valence-electron chi connectivity index (χ0n) is 18.1. The van der Waals surface area contributed by atoms with E-state index in [0.29, 0.717) is 18.4 Å². The van der Waals surface area contributed by atoms with E-state index < -0.39 is 7.82 Å². The largest absolute Gasteiger partial charge is 0.469 e. The molecule has 1 aliphatic rings. The summed E-state index contributed by atoms with van der Waals surface area (Å²) < 4.78 is 15.4. The summed E-state index contributed by atoms with van der Waals surface area (Å²) in [7, 11) is -4.40. The molecule has 0 radical (unpaired) electrons. The first-order valence-corrected chi connectivity index (χ1v) is 12.9. The lowest BCUT2D eigenvalue weighted by Gasteiger charge is -2.20. The summed E-state index contributed by atoms with van der Waals surface area (Å²) in [5.74, 6) is 0.154. The molecule has 0 spiro atoms. The monoisotopic (exact) mass is 452 g/mol. The molecule has 0 bridgehead atoms. The van der Waals surface area contributed by atoms with E-state index in [-0.39, 0.29) is 12.5 Å². The van der Waals surface area contributed by atoms with Crippen LogP contribution in [0.5, 0.6) is 0 Å². The molecular formula is C22H33N2O4PS. The maximum Gasteiger partial charge on any atom is 0.469 e. The minimum absolute atomic E-state index is 0.0350. The zero-order chi connectivity index (χ0) is 21.9. The Balaban J connectivity index is 1.70. The van der Waals surface area contributed by atoms with Crippen molar-refractivity contribution in [3.05, 3.63) is 40.0 Å². The lowest BCUT2D eigenvalue weighted by Crippen LogP contribution is -2.14. The molecule has 1 aliphatic carbocycles. The number of hydrogen-bond acceptors (Lipinski definition) is 5. The highest BCUT2D eigenvalue weighted by Gasteiger charge is 2.23. The van der Waals surface area contributed by atoms with Crippen LogP contribution in [0.4, 0.5) is 0 Å². The molecule has 3 rings (SSSR count). The van der Waals surface area contributed by atoms with Crippen molar-refractivity contribution in [2.24, 2.45) is 11.1 Å². The Kier molecular flexibility index (Phi) is 7.54. The van der Waals surface area contributed by atoms with Gasteiger partial charge in [0.15, 0.2) is 0 Å². The fourth-order valence-electron chi connectivity index (χ4n) is 3.85. The van der Waals surface area contributed by atoms with Crippen molar-refractivity contribution in [3.8, 4) is 10.4 Å². The van der Waals surface area contributed by atoms with E-state index in [1.165, 1.54) is 32.3 Å². The van der Waals surface area contributed by atoms with Crippen LogP contribution in [0.2, 0.25) is 0 Å². The van der Waals surface area contributed by atoms with Crippen LogP contribution < -0.4 is 5.73 Å². The van der Waals surface area contributed by atoms with E-state index in [1.807, 2.05) is 11.3 Å². The van der Waals surface area contributed by atoms with E-state index in [9.17, 15) is 4.57 Å². The number of phosphoric acid groups is 1. The standard InChI is InChI=1S/C22H33N2O4PS/c1-22(2,3)11-10-20-24-19-9-7-16-13-15(6-8-18(16)21(19)30-20)17(14-23)5-4-12-28-29(25,26)27/h6,8,13,17H,4-5,7,9-12,14,23H2,1-3H3,(H2,25,26,27)/t17-/m0/s1. The van der Waals surface area contributed by atoms with Gasteiger partial charge in [0.1, 0.15) is 0 Å². The first-order chi connectivity index (χ1) is 14.1. The third-order valence-electron chi connectivity index (χ3n) is 5.55. The molecule has 4 N–H and O–H groups in total. The Hall–Kier alpha value is -1.08. The fourth-order valence-corrected chi connectivity index (χ4v) is 5.39. The number of benzene rings is 1. The number of phosphoric ester groups is 1. The Labute approximate surface area is 183 Å². The molecule has 0 aliphatic heterocycles. The van der Waals surface area contributed by atoms with Crippen LogP contribution in [-0.2, 0) is 28.4 Å². The molecule has 1 atom stereocenters. The average Bonchev–Trinajstić information content (AvgIpc) is 3.08. The molecule has 6 nitrogen and oxygen atoms in total. The van der Waals surface area contributed by atoms with Crippen LogP contribution >= 0.6 is 19.2 Å². The van der Waals surface area contributed by atoms with Crippen LogP contribution in [0.1, 0.15) is 67.8 Å². The van der Waals surface area contributed by atoms with Gasteiger partial charge in [-0.1, -0.05) is 39.0 Å². The van der Waals surface area contributed by atoms with Gasteiger partial charge in [0.05, 0.1) is 22.2 Å². The molecule has 8 heteroatoms. The Morgan fingerprint density at radius 3 is 2.73 bits per heavy atom. The summed E-state index contributed by atoms with van der Waals surface area (Å²) in [4.78, 5) is 23.8. The molecule has 0 saturated carbocycles. The average molecular weight is 453 g/mol. The molecule has 0 fully saturated rings. The molecule has 30 heavy (non-hydrogen) atoms. The second kappa shape index (κ2) is 9.60. The molecule has 1 heterocycles. The van der Waals surface area contributed by atoms with Gasteiger partial charge < -0.3 is 15.5 Å². The Morgan fingerprint density at radius 2 is 2.07 bits per heavy atom. The highest BCUT2D eigenvalue weighted by atomic mass is 32.1. The maximum atomic E-state index is 10.8. The first kappa shape index (κ1) is 23.6. The molecule has 1 aromatic carbocycles. The van der Waals surface area contributed by atoms with Gasteiger partial charge in [0, 0.05) is 0 Å². The minimum atomic E-state index is -4.40. The molecule has 0 unspecified atom stereocenters. The lowest BCUT2D eigenvalue weighted by molar-refractivity contribution is 0.192. The molecule has 2 aromatic rings. The van der Waals surface area contributed by atoms with Gasteiger partial charge in [0.25, 0.3) is 0 Å². The molecule has 1 aromatic heterocycles. The van der Waals surface area contributed by atoms with Gasteiger partial charge in [0.2, 0.25) is 0 Å². The van der Waals surface area contributed by atoms with Gasteiger partial charge in [-0.2, -0.15) is 0 Å². The van der Waals surface area contributed by atoms with Crippen molar-refractivity contribution in [2.45, 2.75) is 65.2 Å². The normalized spacial score (nSPS) is 15.0. The zero-order valence-corrected chi connectivity index (χ0v) is 19.8. The topological polar surface area (TPSA) is 106 Å². The number of hydrogen-bond donors (Lipinski definition) is 3. The third kappa shape index (κ3) is 6.46. The van der Waals surface area contributed by atoms with Gasteiger partial charge >= 0.3 is 7.82 Å². The second-order valence-corrected chi connectivity index (χ2v) is 11.6. The number of aromatic nitrogens is 1. The molecular weight excluding hydrogens is 419 g/mol. The number of fused-ring (bicyclic) bond motifs is 3. The summed E-state index contributed by atoms with van der Waals surface area (Å²) >= 11 is 1.83. The first-order valence-electron chi connectivity index (χ1n) is 10.6. The predicted octanol–water partition coefficient (Wildman–Crippen LogP) is 4.82.